The molecule has 3 aliphatic heterocycles. The fourth-order valence-corrected chi connectivity index (χ4v) is 6.96. The Labute approximate surface area is 273 Å². The molecule has 0 radical (unpaired) electrons. The molecule has 6 heterocycles. The van der Waals surface area contributed by atoms with Crippen LogP contribution in [0.2, 0.25) is 0 Å². The lowest BCUT2D eigenvalue weighted by Gasteiger charge is -2.35. The van der Waals surface area contributed by atoms with Gasteiger partial charge in [-0.25, -0.2) is 9.97 Å². The number of piperidine rings is 1. The highest BCUT2D eigenvalue weighted by molar-refractivity contribution is 6.03. The number of pyridine rings is 1. The number of ether oxygens (including phenoxy) is 2. The lowest BCUT2D eigenvalue weighted by atomic mass is 10.0. The monoisotopic (exact) mass is 636 g/mol. The summed E-state index contributed by atoms with van der Waals surface area (Å²) in [5.74, 6) is 0.590. The maximum atomic E-state index is 13.2. The van der Waals surface area contributed by atoms with Gasteiger partial charge in [0, 0.05) is 49.9 Å². The van der Waals surface area contributed by atoms with E-state index in [4.69, 9.17) is 9.47 Å². The third-order valence-electron chi connectivity index (χ3n) is 9.19. The highest BCUT2D eigenvalue weighted by Gasteiger charge is 2.39. The number of anilines is 2. The summed E-state index contributed by atoms with van der Waals surface area (Å²) in [7, 11) is 1.60. The smallest absolute Gasteiger partial charge is 0.274 e. The Kier molecular flexibility index (Phi) is 9.23. The van der Waals surface area contributed by atoms with Crippen LogP contribution < -0.4 is 15.5 Å². The number of carbonyl (C=O) groups is 2. The summed E-state index contributed by atoms with van der Waals surface area (Å²) < 4.78 is 10.7. The predicted molar refractivity (Wildman–Crippen MR) is 179 cm³/mol. The van der Waals surface area contributed by atoms with Crippen molar-refractivity contribution in [3.8, 4) is 11.3 Å². The van der Waals surface area contributed by atoms with Gasteiger partial charge in [-0.3, -0.25) is 19.5 Å². The summed E-state index contributed by atoms with van der Waals surface area (Å²) in [6, 6.07) is 14.4. The van der Waals surface area contributed by atoms with Crippen LogP contribution >= 0.6 is 0 Å². The van der Waals surface area contributed by atoms with E-state index >= 15 is 0 Å². The van der Waals surface area contributed by atoms with Gasteiger partial charge in [0.05, 0.1) is 37.3 Å². The Hall–Kier alpha value is -4.65. The summed E-state index contributed by atoms with van der Waals surface area (Å²) >= 11 is 0. The number of fused-ring (bicyclic) bond motifs is 3. The Morgan fingerprint density at radius 2 is 1.89 bits per heavy atom. The standard InChI is InChI=1S/C35H40N8O4/c1-46-15-3-5-32(44)39-26-4-2-14-42(19-26)18-23-12-13-36-31(16-23)35(45)40-25-8-6-24(7-9-25)30-17-29-33(41-30)37-22-38-34(29)43-27-10-11-28(43)21-47-20-27/h3,5-9,12-13,16-17,22,26-28H,2,4,10-11,14-15,18-21H2,1H3,(H,39,44)(H,40,45)(H,37,38,41)/b5-3+/t26-,27-,28+/m1/s1. The Balaban J connectivity index is 0.975. The van der Waals surface area contributed by atoms with Crippen LogP contribution in [0.1, 0.15) is 41.7 Å². The third-order valence-corrected chi connectivity index (χ3v) is 9.19. The molecule has 47 heavy (non-hydrogen) atoms. The van der Waals surface area contributed by atoms with Crippen molar-refractivity contribution in [3.63, 3.8) is 0 Å². The van der Waals surface area contributed by atoms with Crippen molar-refractivity contribution in [2.75, 3.05) is 50.2 Å². The molecule has 3 saturated heterocycles. The van der Waals surface area contributed by atoms with Gasteiger partial charge >= 0.3 is 0 Å². The molecule has 0 saturated carbocycles. The SMILES string of the molecule is COC/C=C/C(=O)N[C@@H]1CCCN(Cc2ccnc(C(=O)Nc3ccc(-c4cc5c(N6[C@@H]7CC[C@H]6COC7)ncnc5[nH]4)cc3)c2)C1. The van der Waals surface area contributed by atoms with E-state index in [0.717, 1.165) is 85.7 Å². The normalized spacial score (nSPS) is 21.4. The zero-order chi connectivity index (χ0) is 32.2. The average molecular weight is 637 g/mol. The molecule has 4 aromatic rings. The van der Waals surface area contributed by atoms with Gasteiger partial charge in [-0.1, -0.05) is 18.2 Å². The highest BCUT2D eigenvalue weighted by Crippen LogP contribution is 2.37. The molecule has 3 fully saturated rings. The van der Waals surface area contributed by atoms with Crippen molar-refractivity contribution in [2.45, 2.75) is 50.4 Å². The summed E-state index contributed by atoms with van der Waals surface area (Å²) in [6.45, 7) is 4.23. The first kappa shape index (κ1) is 31.0. The largest absolute Gasteiger partial charge is 0.381 e. The molecule has 7 rings (SSSR count). The summed E-state index contributed by atoms with van der Waals surface area (Å²) in [5, 5.41) is 7.07. The second-order valence-electron chi connectivity index (χ2n) is 12.5. The molecule has 2 amide bonds. The number of rotatable bonds is 10. The van der Waals surface area contributed by atoms with Crippen LogP contribution in [0.5, 0.6) is 0 Å². The first-order chi connectivity index (χ1) is 23.0. The molecule has 244 valence electrons. The van der Waals surface area contributed by atoms with Crippen LogP contribution in [0.15, 0.2) is 67.1 Å². The molecule has 3 atom stereocenters. The van der Waals surface area contributed by atoms with Crippen molar-refractivity contribution >= 4 is 34.4 Å². The molecule has 2 bridgehead atoms. The molecule has 12 heteroatoms. The first-order valence-corrected chi connectivity index (χ1v) is 16.3. The minimum absolute atomic E-state index is 0.0789. The molecule has 0 spiro atoms. The van der Waals surface area contributed by atoms with Gasteiger partial charge in [0.1, 0.15) is 23.5 Å². The molecule has 0 unspecified atom stereocenters. The number of aromatic amines is 1. The number of aromatic nitrogens is 4. The number of benzene rings is 1. The van der Waals surface area contributed by atoms with Gasteiger partial charge < -0.3 is 30.0 Å². The van der Waals surface area contributed by atoms with E-state index in [2.05, 4.69) is 46.4 Å². The molecule has 3 aromatic heterocycles. The second-order valence-corrected chi connectivity index (χ2v) is 12.5. The predicted octanol–water partition coefficient (Wildman–Crippen LogP) is 3.92. The quantitative estimate of drug-likeness (QED) is 0.221. The highest BCUT2D eigenvalue weighted by atomic mass is 16.5. The van der Waals surface area contributed by atoms with Crippen molar-refractivity contribution < 1.29 is 19.1 Å². The van der Waals surface area contributed by atoms with E-state index < -0.39 is 0 Å². The fraction of sp³-hybridized carbons (Fsp3) is 0.400. The number of nitrogens with one attached hydrogen (secondary N) is 3. The van der Waals surface area contributed by atoms with E-state index in [0.29, 0.717) is 36.6 Å². The van der Waals surface area contributed by atoms with Crippen molar-refractivity contribution in [3.05, 3.63) is 78.4 Å². The third kappa shape index (κ3) is 7.04. The number of likely N-dealkylation sites (tertiary alicyclic amines) is 1. The fourth-order valence-electron chi connectivity index (χ4n) is 6.96. The number of nitrogens with zero attached hydrogens (tertiary/aromatic N) is 5. The van der Waals surface area contributed by atoms with Gasteiger partial charge in [-0.05, 0) is 73.7 Å². The number of hydrogen-bond acceptors (Lipinski definition) is 9. The van der Waals surface area contributed by atoms with Gasteiger partial charge in [-0.2, -0.15) is 0 Å². The average Bonchev–Trinajstić information content (AvgIpc) is 3.62. The minimum Gasteiger partial charge on any atom is -0.381 e. The van der Waals surface area contributed by atoms with E-state index in [-0.39, 0.29) is 17.9 Å². The minimum atomic E-state index is -0.267. The van der Waals surface area contributed by atoms with Gasteiger partial charge in [0.15, 0.2) is 0 Å². The maximum Gasteiger partial charge on any atom is 0.274 e. The maximum absolute atomic E-state index is 13.2. The van der Waals surface area contributed by atoms with Crippen molar-refractivity contribution in [1.29, 1.82) is 0 Å². The molecular formula is C35H40N8O4. The molecule has 0 aliphatic carbocycles. The topological polar surface area (TPSA) is 138 Å². The molecule has 3 N–H and O–H groups in total. The number of methoxy groups -OCH3 is 1. The zero-order valence-electron chi connectivity index (χ0n) is 26.5. The van der Waals surface area contributed by atoms with E-state index in [9.17, 15) is 9.59 Å². The molecular weight excluding hydrogens is 596 g/mol. The van der Waals surface area contributed by atoms with Crippen LogP contribution in [-0.2, 0) is 20.8 Å². The van der Waals surface area contributed by atoms with Crippen molar-refractivity contribution in [1.82, 2.24) is 30.2 Å². The lowest BCUT2D eigenvalue weighted by molar-refractivity contribution is -0.117. The Bertz CT molecular complexity index is 1740. The number of morpholine rings is 1. The van der Waals surface area contributed by atoms with Crippen LogP contribution in [-0.4, -0.2) is 94.8 Å². The van der Waals surface area contributed by atoms with Crippen LogP contribution in [0.4, 0.5) is 11.5 Å². The van der Waals surface area contributed by atoms with E-state index in [1.807, 2.05) is 36.4 Å². The Morgan fingerprint density at radius 1 is 1.06 bits per heavy atom. The zero-order valence-corrected chi connectivity index (χ0v) is 26.5. The number of H-pyrrole nitrogens is 1. The van der Waals surface area contributed by atoms with Crippen LogP contribution in [0, 0.1) is 0 Å². The lowest BCUT2D eigenvalue weighted by Crippen LogP contribution is -2.47. The molecule has 1 aromatic carbocycles. The summed E-state index contributed by atoms with van der Waals surface area (Å²) in [4.78, 5) is 47.1. The summed E-state index contributed by atoms with van der Waals surface area (Å²) in [5.41, 5.74) is 4.77. The number of hydrogen-bond donors (Lipinski definition) is 3. The molecule has 12 nitrogen and oxygen atoms in total. The number of carbonyl (C=O) groups excluding carboxylic acids is 2. The van der Waals surface area contributed by atoms with Gasteiger partial charge in [0.2, 0.25) is 5.91 Å². The van der Waals surface area contributed by atoms with E-state index in [1.165, 1.54) is 6.08 Å². The van der Waals surface area contributed by atoms with E-state index in [1.54, 1.807) is 25.7 Å². The van der Waals surface area contributed by atoms with Crippen LogP contribution in [0.3, 0.4) is 0 Å². The summed E-state index contributed by atoms with van der Waals surface area (Å²) in [6.07, 6.45) is 10.7. The second kappa shape index (κ2) is 14.0. The number of amides is 2. The van der Waals surface area contributed by atoms with Crippen LogP contribution in [0.25, 0.3) is 22.3 Å². The van der Waals surface area contributed by atoms with Crippen molar-refractivity contribution in [2.24, 2.45) is 0 Å². The van der Waals surface area contributed by atoms with Gasteiger partial charge in [-0.15, -0.1) is 0 Å². The molecule has 3 aliphatic rings. The Morgan fingerprint density at radius 3 is 2.70 bits per heavy atom. The first-order valence-electron chi connectivity index (χ1n) is 16.3. The van der Waals surface area contributed by atoms with Gasteiger partial charge in [0.25, 0.3) is 5.91 Å².